The van der Waals surface area contributed by atoms with Crippen molar-refractivity contribution in [3.05, 3.63) is 29.8 Å². The van der Waals surface area contributed by atoms with Crippen molar-refractivity contribution in [3.63, 3.8) is 0 Å². The van der Waals surface area contributed by atoms with Gasteiger partial charge in [0.1, 0.15) is 17.8 Å². The molecule has 0 aromatic heterocycles. The molecule has 0 saturated carbocycles. The predicted octanol–water partition coefficient (Wildman–Crippen LogP) is -0.773. The molecule has 0 unspecified atom stereocenters. The maximum absolute atomic E-state index is 12.7. The lowest BCUT2D eigenvalue weighted by Crippen LogP contribution is -2.71. The number of aliphatic hydroxyl groups is 1. The minimum atomic E-state index is -0.964. The Labute approximate surface area is 145 Å². The van der Waals surface area contributed by atoms with Gasteiger partial charge in [0.05, 0.1) is 19.8 Å². The Morgan fingerprint density at radius 1 is 1.36 bits per heavy atom. The number of aliphatic hydroxyl groups excluding tert-OH is 1. The van der Waals surface area contributed by atoms with E-state index in [0.29, 0.717) is 17.9 Å². The second-order valence-electron chi connectivity index (χ2n) is 6.26. The van der Waals surface area contributed by atoms with Gasteiger partial charge in [-0.25, -0.2) is 0 Å². The van der Waals surface area contributed by atoms with E-state index < -0.39 is 18.2 Å². The summed E-state index contributed by atoms with van der Waals surface area (Å²) in [6.45, 7) is 2.18. The van der Waals surface area contributed by atoms with Crippen LogP contribution in [0, 0.1) is 0 Å². The Hall–Kier alpha value is -2.61. The number of nitrogens with zero attached hydrogens (tertiary/aromatic N) is 2. The molecule has 3 atom stereocenters. The van der Waals surface area contributed by atoms with Gasteiger partial charge in [-0.15, -0.1) is 0 Å². The van der Waals surface area contributed by atoms with Crippen LogP contribution in [0.15, 0.2) is 24.3 Å². The number of rotatable bonds is 3. The van der Waals surface area contributed by atoms with Crippen molar-refractivity contribution < 1.29 is 24.2 Å². The van der Waals surface area contributed by atoms with Crippen molar-refractivity contribution >= 4 is 17.7 Å². The Morgan fingerprint density at radius 3 is 2.80 bits per heavy atom. The van der Waals surface area contributed by atoms with Crippen LogP contribution in [0.1, 0.15) is 17.3 Å². The average molecular weight is 347 g/mol. The molecular formula is C17H21N3O5. The number of amides is 3. The number of fused-ring (bicyclic) bond motifs is 1. The smallest absolute Gasteiger partial charge is 0.254 e. The van der Waals surface area contributed by atoms with Crippen molar-refractivity contribution in [2.24, 2.45) is 0 Å². The molecule has 134 valence electrons. The van der Waals surface area contributed by atoms with Crippen molar-refractivity contribution in [1.82, 2.24) is 15.1 Å². The SMILES string of the molecule is COc1cccc(C(=O)N2CCN3C(=O)[C@H]([C@@H](C)O)NC(=O)[C@H]3C2)c1. The zero-order chi connectivity index (χ0) is 18.1. The molecule has 2 aliphatic rings. The normalized spacial score (nSPS) is 24.4. The lowest BCUT2D eigenvalue weighted by atomic mass is 10.0. The second kappa shape index (κ2) is 6.72. The van der Waals surface area contributed by atoms with Gasteiger partial charge in [-0.3, -0.25) is 14.4 Å². The molecule has 8 nitrogen and oxygen atoms in total. The fourth-order valence-electron chi connectivity index (χ4n) is 3.21. The van der Waals surface area contributed by atoms with E-state index in [4.69, 9.17) is 4.74 Å². The number of carbonyl (C=O) groups is 3. The first-order chi connectivity index (χ1) is 11.9. The van der Waals surface area contributed by atoms with Crippen LogP contribution in [0.3, 0.4) is 0 Å². The standard InChI is InChI=1S/C17H21N3O5/c1-10(21)14-17(24)20-7-6-19(9-13(20)15(22)18-14)16(23)11-4-3-5-12(8-11)25-2/h3-5,8,10,13-14,21H,6-7,9H2,1-2H3,(H,18,22)/t10-,13-,14+/m1/s1. The van der Waals surface area contributed by atoms with Crippen molar-refractivity contribution in [1.29, 1.82) is 0 Å². The van der Waals surface area contributed by atoms with E-state index in [1.165, 1.54) is 18.9 Å². The average Bonchev–Trinajstić information content (AvgIpc) is 2.63. The Balaban J connectivity index is 1.75. The largest absolute Gasteiger partial charge is 0.497 e. The zero-order valence-corrected chi connectivity index (χ0v) is 14.1. The molecule has 3 amide bonds. The number of piperazine rings is 2. The van der Waals surface area contributed by atoms with E-state index in [-0.39, 0.29) is 30.8 Å². The molecule has 3 rings (SSSR count). The first-order valence-electron chi connectivity index (χ1n) is 8.14. The van der Waals surface area contributed by atoms with E-state index in [2.05, 4.69) is 5.32 Å². The van der Waals surface area contributed by atoms with E-state index in [9.17, 15) is 19.5 Å². The van der Waals surface area contributed by atoms with Crippen LogP contribution in [0.25, 0.3) is 0 Å². The molecule has 2 heterocycles. The summed E-state index contributed by atoms with van der Waals surface area (Å²) in [4.78, 5) is 40.4. The van der Waals surface area contributed by atoms with E-state index >= 15 is 0 Å². The first kappa shape index (κ1) is 17.2. The zero-order valence-electron chi connectivity index (χ0n) is 14.1. The van der Waals surface area contributed by atoms with Gasteiger partial charge in [-0.1, -0.05) is 6.07 Å². The highest BCUT2D eigenvalue weighted by Crippen LogP contribution is 2.20. The van der Waals surface area contributed by atoms with Gasteiger partial charge in [0, 0.05) is 18.7 Å². The fourth-order valence-corrected chi connectivity index (χ4v) is 3.21. The summed E-state index contributed by atoms with van der Waals surface area (Å²) in [6.07, 6.45) is -0.964. The third kappa shape index (κ3) is 3.17. The number of carbonyl (C=O) groups excluding carboxylic acids is 3. The quantitative estimate of drug-likeness (QED) is 0.748. The second-order valence-corrected chi connectivity index (χ2v) is 6.26. The van der Waals surface area contributed by atoms with Gasteiger partial charge in [-0.2, -0.15) is 0 Å². The van der Waals surface area contributed by atoms with E-state index in [0.717, 1.165) is 0 Å². The predicted molar refractivity (Wildman–Crippen MR) is 88.0 cm³/mol. The summed E-state index contributed by atoms with van der Waals surface area (Å²) >= 11 is 0. The molecule has 2 N–H and O–H groups in total. The molecule has 0 aliphatic carbocycles. The third-order valence-corrected chi connectivity index (χ3v) is 4.62. The summed E-state index contributed by atoms with van der Waals surface area (Å²) < 4.78 is 5.13. The molecule has 0 bridgehead atoms. The summed E-state index contributed by atoms with van der Waals surface area (Å²) in [5, 5.41) is 12.2. The highest BCUT2D eigenvalue weighted by Gasteiger charge is 2.45. The molecular weight excluding hydrogens is 326 g/mol. The molecule has 8 heteroatoms. The lowest BCUT2D eigenvalue weighted by Gasteiger charge is -2.45. The first-order valence-corrected chi connectivity index (χ1v) is 8.14. The molecule has 2 fully saturated rings. The number of hydrogen-bond acceptors (Lipinski definition) is 5. The number of ether oxygens (including phenoxy) is 1. The van der Waals surface area contributed by atoms with Gasteiger partial charge in [-0.05, 0) is 25.1 Å². The van der Waals surface area contributed by atoms with Crippen molar-refractivity contribution in [2.45, 2.75) is 25.1 Å². The molecule has 2 saturated heterocycles. The highest BCUT2D eigenvalue weighted by molar-refractivity contribution is 5.99. The topological polar surface area (TPSA) is 99.2 Å². The molecule has 1 aromatic rings. The molecule has 1 aromatic carbocycles. The monoisotopic (exact) mass is 347 g/mol. The van der Waals surface area contributed by atoms with Crippen LogP contribution in [-0.4, -0.2) is 77.6 Å². The summed E-state index contributed by atoms with van der Waals surface area (Å²) in [5.41, 5.74) is 0.470. The Kier molecular flexibility index (Phi) is 4.63. The maximum Gasteiger partial charge on any atom is 0.254 e. The summed E-state index contributed by atoms with van der Waals surface area (Å²) in [6, 6.07) is 5.15. The van der Waals surface area contributed by atoms with Gasteiger partial charge in [0.2, 0.25) is 11.8 Å². The van der Waals surface area contributed by atoms with Gasteiger partial charge < -0.3 is 25.0 Å². The van der Waals surface area contributed by atoms with Crippen LogP contribution in [-0.2, 0) is 9.59 Å². The Bertz CT molecular complexity index is 705. The van der Waals surface area contributed by atoms with E-state index in [1.807, 2.05) is 0 Å². The third-order valence-electron chi connectivity index (χ3n) is 4.62. The highest BCUT2D eigenvalue weighted by atomic mass is 16.5. The number of methoxy groups -OCH3 is 1. The maximum atomic E-state index is 12.7. The fraction of sp³-hybridized carbons (Fsp3) is 0.471. The lowest BCUT2D eigenvalue weighted by molar-refractivity contribution is -0.155. The van der Waals surface area contributed by atoms with Crippen LogP contribution in [0.4, 0.5) is 0 Å². The number of benzene rings is 1. The number of nitrogens with one attached hydrogen (secondary N) is 1. The van der Waals surface area contributed by atoms with Gasteiger partial charge in [0.15, 0.2) is 0 Å². The Morgan fingerprint density at radius 2 is 2.12 bits per heavy atom. The molecule has 25 heavy (non-hydrogen) atoms. The molecule has 0 radical (unpaired) electrons. The minimum Gasteiger partial charge on any atom is -0.497 e. The molecule has 2 aliphatic heterocycles. The van der Waals surface area contributed by atoms with Crippen molar-refractivity contribution in [2.75, 3.05) is 26.7 Å². The van der Waals surface area contributed by atoms with E-state index in [1.54, 1.807) is 29.2 Å². The van der Waals surface area contributed by atoms with Gasteiger partial charge >= 0.3 is 0 Å². The van der Waals surface area contributed by atoms with Crippen LogP contribution >= 0.6 is 0 Å². The van der Waals surface area contributed by atoms with Crippen LogP contribution in [0.5, 0.6) is 5.75 Å². The van der Waals surface area contributed by atoms with Crippen LogP contribution in [0.2, 0.25) is 0 Å². The summed E-state index contributed by atoms with van der Waals surface area (Å²) in [7, 11) is 1.53. The van der Waals surface area contributed by atoms with Crippen molar-refractivity contribution in [3.8, 4) is 5.75 Å². The summed E-state index contributed by atoms with van der Waals surface area (Å²) in [5.74, 6) is -0.298. The van der Waals surface area contributed by atoms with Crippen LogP contribution < -0.4 is 10.1 Å². The van der Waals surface area contributed by atoms with Gasteiger partial charge in [0.25, 0.3) is 5.91 Å². The number of hydrogen-bond donors (Lipinski definition) is 2. The minimum absolute atomic E-state index is 0.125. The molecule has 0 spiro atoms.